The molecule has 5 nitrogen and oxygen atoms in total. The average Bonchev–Trinajstić information content (AvgIpc) is 3.31. The van der Waals surface area contributed by atoms with Gasteiger partial charge in [0.15, 0.2) is 0 Å². The molecule has 1 fully saturated rings. The molecular formula is C16H21NO4. The van der Waals surface area contributed by atoms with Crippen molar-refractivity contribution in [2.75, 3.05) is 19.8 Å². The molecule has 1 atom stereocenters. The zero-order valence-electron chi connectivity index (χ0n) is 12.2. The predicted molar refractivity (Wildman–Crippen MR) is 80.1 cm³/mol. The first-order valence-electron chi connectivity index (χ1n) is 7.22. The molecule has 1 aliphatic rings. The van der Waals surface area contributed by atoms with Crippen LogP contribution in [0.1, 0.15) is 25.3 Å². The highest BCUT2D eigenvalue weighted by atomic mass is 16.6. The molecule has 21 heavy (non-hydrogen) atoms. The number of alkyl carbamates (subject to hydrolysis) is 1. The van der Waals surface area contributed by atoms with Gasteiger partial charge in [-0.05, 0) is 30.2 Å². The van der Waals surface area contributed by atoms with E-state index in [9.17, 15) is 4.79 Å². The van der Waals surface area contributed by atoms with E-state index >= 15 is 0 Å². The molecular weight excluding hydrogens is 270 g/mol. The minimum absolute atomic E-state index is 0.257. The molecule has 0 spiro atoms. The number of carbonyl (C=O) groups is 1. The van der Waals surface area contributed by atoms with Crippen LogP contribution in [-0.4, -0.2) is 32.0 Å². The smallest absolute Gasteiger partial charge is 0.411 e. The maximum absolute atomic E-state index is 11.3. The Morgan fingerprint density at radius 1 is 1.43 bits per heavy atom. The van der Waals surface area contributed by atoms with Crippen LogP contribution in [0.2, 0.25) is 0 Å². The minimum atomic E-state index is -0.427. The van der Waals surface area contributed by atoms with Gasteiger partial charge in [0.2, 0.25) is 0 Å². The van der Waals surface area contributed by atoms with Gasteiger partial charge >= 0.3 is 6.09 Å². The first kappa shape index (κ1) is 15.4. The fourth-order valence-corrected chi connectivity index (χ4v) is 1.59. The number of amides is 1. The SMILES string of the molecule is CCCCOC(=O)NC=Cc1ccc(OCC2CO2)cc1. The number of rotatable bonds is 8. The Bertz CT molecular complexity index is 466. The van der Waals surface area contributed by atoms with Gasteiger partial charge in [-0.1, -0.05) is 25.5 Å². The topological polar surface area (TPSA) is 60.1 Å². The number of hydrogen-bond donors (Lipinski definition) is 1. The van der Waals surface area contributed by atoms with Crippen molar-refractivity contribution in [2.45, 2.75) is 25.9 Å². The highest BCUT2D eigenvalue weighted by Gasteiger charge is 2.22. The summed E-state index contributed by atoms with van der Waals surface area (Å²) in [5, 5.41) is 2.56. The van der Waals surface area contributed by atoms with Gasteiger partial charge in [0, 0.05) is 6.20 Å². The maximum Gasteiger partial charge on any atom is 0.411 e. The fraction of sp³-hybridized carbons (Fsp3) is 0.438. The number of benzene rings is 1. The number of carbonyl (C=O) groups excluding carboxylic acids is 1. The maximum atomic E-state index is 11.3. The Morgan fingerprint density at radius 2 is 2.19 bits per heavy atom. The van der Waals surface area contributed by atoms with Crippen LogP contribution in [-0.2, 0) is 9.47 Å². The van der Waals surface area contributed by atoms with Gasteiger partial charge in [0.05, 0.1) is 13.2 Å². The molecule has 1 heterocycles. The van der Waals surface area contributed by atoms with Gasteiger partial charge in [0.1, 0.15) is 18.5 Å². The van der Waals surface area contributed by atoms with E-state index in [1.54, 1.807) is 12.3 Å². The number of epoxide rings is 1. The molecule has 1 amide bonds. The van der Waals surface area contributed by atoms with Crippen molar-refractivity contribution < 1.29 is 19.0 Å². The van der Waals surface area contributed by atoms with Crippen LogP contribution in [0.15, 0.2) is 30.5 Å². The quantitative estimate of drug-likeness (QED) is 0.591. The van der Waals surface area contributed by atoms with E-state index in [4.69, 9.17) is 14.2 Å². The molecule has 1 aliphatic heterocycles. The summed E-state index contributed by atoms with van der Waals surface area (Å²) in [5.74, 6) is 0.814. The summed E-state index contributed by atoms with van der Waals surface area (Å²) in [5.41, 5.74) is 0.971. The van der Waals surface area contributed by atoms with E-state index in [0.717, 1.165) is 30.8 Å². The van der Waals surface area contributed by atoms with Crippen molar-refractivity contribution >= 4 is 12.2 Å². The summed E-state index contributed by atoms with van der Waals surface area (Å²) in [6, 6.07) is 7.62. The molecule has 1 N–H and O–H groups in total. The summed E-state index contributed by atoms with van der Waals surface area (Å²) < 4.78 is 15.6. The zero-order chi connectivity index (χ0) is 14.9. The van der Waals surface area contributed by atoms with Gasteiger partial charge in [-0.3, -0.25) is 5.32 Å². The van der Waals surface area contributed by atoms with Crippen molar-refractivity contribution in [1.82, 2.24) is 5.32 Å². The molecule has 2 rings (SSSR count). The summed E-state index contributed by atoms with van der Waals surface area (Å²) in [7, 11) is 0. The summed E-state index contributed by atoms with van der Waals surface area (Å²) >= 11 is 0. The molecule has 1 unspecified atom stereocenters. The molecule has 0 saturated carbocycles. The lowest BCUT2D eigenvalue weighted by molar-refractivity contribution is 0.148. The normalized spacial score (nSPS) is 16.7. The largest absolute Gasteiger partial charge is 0.491 e. The van der Waals surface area contributed by atoms with Crippen molar-refractivity contribution in [3.63, 3.8) is 0 Å². The second-order valence-corrected chi connectivity index (χ2v) is 4.80. The Morgan fingerprint density at radius 3 is 2.86 bits per heavy atom. The van der Waals surface area contributed by atoms with Crippen LogP contribution in [0, 0.1) is 0 Å². The van der Waals surface area contributed by atoms with Gasteiger partial charge in [-0.2, -0.15) is 0 Å². The van der Waals surface area contributed by atoms with E-state index in [2.05, 4.69) is 5.32 Å². The fourth-order valence-electron chi connectivity index (χ4n) is 1.59. The van der Waals surface area contributed by atoms with Crippen LogP contribution in [0.5, 0.6) is 5.75 Å². The van der Waals surface area contributed by atoms with E-state index in [1.165, 1.54) is 0 Å². The van der Waals surface area contributed by atoms with Crippen LogP contribution in [0.3, 0.4) is 0 Å². The number of unbranched alkanes of at least 4 members (excludes halogenated alkanes) is 1. The highest BCUT2D eigenvalue weighted by molar-refractivity contribution is 5.69. The zero-order valence-corrected chi connectivity index (χ0v) is 12.2. The van der Waals surface area contributed by atoms with Crippen LogP contribution in [0.4, 0.5) is 4.79 Å². The first-order valence-corrected chi connectivity index (χ1v) is 7.22. The van der Waals surface area contributed by atoms with E-state index < -0.39 is 6.09 Å². The lowest BCUT2D eigenvalue weighted by atomic mass is 10.2. The Kier molecular flexibility index (Phi) is 6.09. The first-order chi connectivity index (χ1) is 10.3. The average molecular weight is 291 g/mol. The van der Waals surface area contributed by atoms with Gasteiger partial charge in [-0.25, -0.2) is 4.79 Å². The van der Waals surface area contributed by atoms with Crippen molar-refractivity contribution in [3.05, 3.63) is 36.0 Å². The second kappa shape index (κ2) is 8.32. The third-order valence-corrected chi connectivity index (χ3v) is 2.93. The van der Waals surface area contributed by atoms with Crippen molar-refractivity contribution in [2.24, 2.45) is 0 Å². The Hall–Kier alpha value is -2.01. The molecule has 114 valence electrons. The monoisotopic (exact) mass is 291 g/mol. The molecule has 0 radical (unpaired) electrons. The Balaban J connectivity index is 1.68. The van der Waals surface area contributed by atoms with Crippen molar-refractivity contribution in [3.8, 4) is 5.75 Å². The van der Waals surface area contributed by atoms with Crippen molar-refractivity contribution in [1.29, 1.82) is 0 Å². The molecule has 0 aromatic heterocycles. The summed E-state index contributed by atoms with van der Waals surface area (Å²) in [6.45, 7) is 3.89. The highest BCUT2D eigenvalue weighted by Crippen LogP contribution is 2.16. The number of hydrogen-bond acceptors (Lipinski definition) is 4. The number of ether oxygens (including phenoxy) is 3. The number of nitrogens with one attached hydrogen (secondary N) is 1. The van der Waals surface area contributed by atoms with Gasteiger partial charge < -0.3 is 14.2 Å². The molecule has 0 aliphatic carbocycles. The third-order valence-electron chi connectivity index (χ3n) is 2.93. The van der Waals surface area contributed by atoms with Crippen LogP contribution >= 0.6 is 0 Å². The van der Waals surface area contributed by atoms with Gasteiger partial charge in [-0.15, -0.1) is 0 Å². The van der Waals surface area contributed by atoms with Gasteiger partial charge in [0.25, 0.3) is 0 Å². The lowest BCUT2D eigenvalue weighted by Gasteiger charge is -2.04. The van der Waals surface area contributed by atoms with E-state index in [0.29, 0.717) is 13.2 Å². The van der Waals surface area contributed by atoms with Crippen LogP contribution in [0.25, 0.3) is 6.08 Å². The summed E-state index contributed by atoms with van der Waals surface area (Å²) in [4.78, 5) is 11.3. The predicted octanol–water partition coefficient (Wildman–Crippen LogP) is 2.96. The standard InChI is InChI=1S/C16H21NO4/c1-2-3-10-19-16(18)17-9-8-13-4-6-14(7-5-13)20-11-15-12-21-15/h4-9,15H,2-3,10-12H2,1H3,(H,17,18). The molecule has 1 saturated heterocycles. The Labute approximate surface area is 124 Å². The van der Waals surface area contributed by atoms with E-state index in [-0.39, 0.29) is 6.10 Å². The van der Waals surface area contributed by atoms with Crippen LogP contribution < -0.4 is 10.1 Å². The molecule has 1 aromatic rings. The molecule has 1 aromatic carbocycles. The second-order valence-electron chi connectivity index (χ2n) is 4.80. The minimum Gasteiger partial charge on any atom is -0.491 e. The lowest BCUT2D eigenvalue weighted by Crippen LogP contribution is -2.18. The summed E-state index contributed by atoms with van der Waals surface area (Å²) in [6.07, 6.45) is 5.09. The molecule has 0 bridgehead atoms. The van der Waals surface area contributed by atoms with E-state index in [1.807, 2.05) is 31.2 Å². The molecule has 5 heteroatoms. The third kappa shape index (κ3) is 6.31.